The van der Waals surface area contributed by atoms with E-state index >= 15 is 0 Å². The van der Waals surface area contributed by atoms with Crippen molar-refractivity contribution in [1.29, 1.82) is 0 Å². The molecule has 2 aromatic rings. The van der Waals surface area contributed by atoms with E-state index in [-0.39, 0.29) is 10.7 Å². The molecule has 2 aromatic carbocycles. The Balaban J connectivity index is 2.40. The number of alkyl halides is 3. The van der Waals surface area contributed by atoms with E-state index in [1.165, 1.54) is 24.3 Å². The Hall–Kier alpha value is -1.72. The summed E-state index contributed by atoms with van der Waals surface area (Å²) in [6.45, 7) is 0. The van der Waals surface area contributed by atoms with E-state index in [2.05, 4.69) is 5.16 Å². The first-order valence-corrected chi connectivity index (χ1v) is 6.43. The molecule has 0 radical (unpaired) electrons. The molecule has 0 amide bonds. The molecule has 0 aromatic heterocycles. The van der Waals surface area contributed by atoms with Gasteiger partial charge >= 0.3 is 6.18 Å². The van der Waals surface area contributed by atoms with Crippen LogP contribution in [0.3, 0.4) is 0 Å². The van der Waals surface area contributed by atoms with Crippen LogP contribution in [0, 0.1) is 0 Å². The largest absolute Gasteiger partial charge is 0.416 e. The Morgan fingerprint density at radius 3 is 1.95 bits per heavy atom. The van der Waals surface area contributed by atoms with Crippen molar-refractivity contribution in [2.45, 2.75) is 6.18 Å². The van der Waals surface area contributed by atoms with Gasteiger partial charge in [-0.05, 0) is 24.3 Å². The first kappa shape index (κ1) is 15.7. The average molecular weight is 334 g/mol. The van der Waals surface area contributed by atoms with Crippen molar-refractivity contribution in [3.63, 3.8) is 0 Å². The second-order valence-electron chi connectivity index (χ2n) is 4.15. The normalized spacial score (nSPS) is 12.5. The smallest absolute Gasteiger partial charge is 0.410 e. The van der Waals surface area contributed by atoms with Crippen molar-refractivity contribution >= 4 is 28.9 Å². The van der Waals surface area contributed by atoms with Crippen LogP contribution in [0.1, 0.15) is 16.7 Å². The minimum absolute atomic E-state index is 0.0993. The van der Waals surface area contributed by atoms with Crippen LogP contribution in [0.4, 0.5) is 13.2 Å². The molecule has 7 heteroatoms. The summed E-state index contributed by atoms with van der Waals surface area (Å²) in [5.41, 5.74) is 0.0792. The van der Waals surface area contributed by atoms with Gasteiger partial charge in [-0.2, -0.15) is 13.2 Å². The summed E-state index contributed by atoms with van der Waals surface area (Å²) >= 11 is 11.7. The molecule has 0 unspecified atom stereocenters. The second-order valence-corrected chi connectivity index (χ2v) is 4.97. The lowest BCUT2D eigenvalue weighted by atomic mass is 10.0. The van der Waals surface area contributed by atoms with Crippen LogP contribution in [0.15, 0.2) is 47.6 Å². The Labute approximate surface area is 128 Å². The van der Waals surface area contributed by atoms with Gasteiger partial charge in [0.15, 0.2) is 0 Å². The minimum Gasteiger partial charge on any atom is -0.410 e. The summed E-state index contributed by atoms with van der Waals surface area (Å²) in [7, 11) is 0. The highest BCUT2D eigenvalue weighted by Gasteiger charge is 2.30. The number of nitrogens with zero attached hydrogens (tertiary/aromatic N) is 1. The third-order valence-corrected chi connectivity index (χ3v) is 3.52. The van der Waals surface area contributed by atoms with Gasteiger partial charge in [0.2, 0.25) is 0 Å². The van der Waals surface area contributed by atoms with Crippen LogP contribution < -0.4 is 0 Å². The summed E-state index contributed by atoms with van der Waals surface area (Å²) in [5.74, 6) is 0. The maximum Gasteiger partial charge on any atom is 0.416 e. The van der Waals surface area contributed by atoms with E-state index in [4.69, 9.17) is 28.4 Å². The zero-order chi connectivity index (χ0) is 15.6. The summed E-state index contributed by atoms with van der Waals surface area (Å²) in [4.78, 5) is 0. The number of halogens is 5. The van der Waals surface area contributed by atoms with Crippen LogP contribution in [-0.4, -0.2) is 10.9 Å². The van der Waals surface area contributed by atoms with Crippen molar-refractivity contribution in [1.82, 2.24) is 0 Å². The van der Waals surface area contributed by atoms with Crippen molar-refractivity contribution in [2.75, 3.05) is 0 Å². The fraction of sp³-hybridized carbons (Fsp3) is 0.0714. The Morgan fingerprint density at radius 2 is 1.48 bits per heavy atom. The zero-order valence-electron chi connectivity index (χ0n) is 10.3. The summed E-state index contributed by atoms with van der Waals surface area (Å²) in [6.07, 6.45) is -4.42. The maximum atomic E-state index is 12.5. The predicted molar refractivity (Wildman–Crippen MR) is 75.3 cm³/mol. The molecule has 0 aliphatic rings. The molecule has 0 heterocycles. The Morgan fingerprint density at radius 1 is 0.905 bits per heavy atom. The molecule has 1 N–H and O–H groups in total. The molecule has 110 valence electrons. The van der Waals surface area contributed by atoms with Crippen molar-refractivity contribution < 1.29 is 18.4 Å². The highest BCUT2D eigenvalue weighted by molar-refractivity contribution is 6.42. The number of hydrogen-bond donors (Lipinski definition) is 1. The van der Waals surface area contributed by atoms with E-state index in [1.807, 2.05) is 0 Å². The fourth-order valence-corrected chi connectivity index (χ4v) is 2.04. The summed E-state index contributed by atoms with van der Waals surface area (Å²) in [5, 5.41) is 12.8. The highest BCUT2D eigenvalue weighted by atomic mass is 35.5. The van der Waals surface area contributed by atoms with E-state index in [9.17, 15) is 13.2 Å². The van der Waals surface area contributed by atoms with Crippen molar-refractivity contribution in [3.8, 4) is 0 Å². The molecule has 0 saturated heterocycles. The number of benzene rings is 2. The lowest BCUT2D eigenvalue weighted by Crippen LogP contribution is -2.07. The van der Waals surface area contributed by atoms with Gasteiger partial charge in [-0.1, -0.05) is 46.6 Å². The molecular weight excluding hydrogens is 326 g/mol. The van der Waals surface area contributed by atoms with Gasteiger partial charge < -0.3 is 5.21 Å². The summed E-state index contributed by atoms with van der Waals surface area (Å²) < 4.78 is 37.5. The third kappa shape index (κ3) is 3.49. The van der Waals surface area contributed by atoms with Crippen LogP contribution in [0.5, 0.6) is 0 Å². The van der Waals surface area contributed by atoms with Gasteiger partial charge in [-0.25, -0.2) is 0 Å². The van der Waals surface area contributed by atoms with E-state index < -0.39 is 11.7 Å². The summed E-state index contributed by atoms with van der Waals surface area (Å²) in [6, 6.07) is 8.81. The van der Waals surface area contributed by atoms with Crippen LogP contribution >= 0.6 is 23.2 Å². The molecule has 0 saturated carbocycles. The third-order valence-electron chi connectivity index (χ3n) is 2.78. The van der Waals surface area contributed by atoms with Gasteiger partial charge in [0.05, 0.1) is 15.6 Å². The molecule has 0 fully saturated rings. The lowest BCUT2D eigenvalue weighted by molar-refractivity contribution is -0.137. The van der Waals surface area contributed by atoms with E-state index in [0.29, 0.717) is 16.1 Å². The first-order chi connectivity index (χ1) is 9.82. The molecule has 2 nitrogen and oxygen atoms in total. The number of rotatable bonds is 2. The quantitative estimate of drug-likeness (QED) is 0.455. The van der Waals surface area contributed by atoms with Gasteiger partial charge in [0.25, 0.3) is 0 Å². The zero-order valence-corrected chi connectivity index (χ0v) is 11.8. The monoisotopic (exact) mass is 333 g/mol. The molecule has 0 bridgehead atoms. The van der Waals surface area contributed by atoms with Gasteiger partial charge in [-0.15, -0.1) is 0 Å². The van der Waals surface area contributed by atoms with Gasteiger partial charge in [0, 0.05) is 11.1 Å². The van der Waals surface area contributed by atoms with Gasteiger partial charge in [-0.3, -0.25) is 0 Å². The molecular formula is C14H8Cl2F3NO. The fourth-order valence-electron chi connectivity index (χ4n) is 1.74. The Kier molecular flexibility index (Phi) is 4.44. The van der Waals surface area contributed by atoms with Crippen molar-refractivity contribution in [3.05, 3.63) is 69.2 Å². The predicted octanol–water partition coefficient (Wildman–Crippen LogP) is 5.24. The second kappa shape index (κ2) is 5.95. The minimum atomic E-state index is -4.42. The standard InChI is InChI=1S/C14H8Cl2F3NO/c15-11-6-3-9(7-12(11)16)13(20-21)8-1-4-10(5-2-8)14(17,18)19/h1-7,21H. The van der Waals surface area contributed by atoms with Crippen LogP contribution in [-0.2, 0) is 6.18 Å². The number of oxime groups is 1. The lowest BCUT2D eigenvalue weighted by Gasteiger charge is -2.09. The highest BCUT2D eigenvalue weighted by Crippen LogP contribution is 2.30. The van der Waals surface area contributed by atoms with Gasteiger partial charge in [0.1, 0.15) is 5.71 Å². The van der Waals surface area contributed by atoms with Crippen LogP contribution in [0.2, 0.25) is 10.0 Å². The molecule has 21 heavy (non-hydrogen) atoms. The topological polar surface area (TPSA) is 32.6 Å². The maximum absolute atomic E-state index is 12.5. The average Bonchev–Trinajstić information content (AvgIpc) is 2.43. The first-order valence-electron chi connectivity index (χ1n) is 5.68. The van der Waals surface area contributed by atoms with E-state index in [0.717, 1.165) is 12.1 Å². The molecule has 2 rings (SSSR count). The molecule has 0 atom stereocenters. The van der Waals surface area contributed by atoms with Crippen molar-refractivity contribution in [2.24, 2.45) is 5.16 Å². The van der Waals surface area contributed by atoms with E-state index in [1.54, 1.807) is 6.07 Å². The molecule has 0 aliphatic heterocycles. The molecule has 0 aliphatic carbocycles. The number of hydrogen-bond acceptors (Lipinski definition) is 2. The van der Waals surface area contributed by atoms with Crippen LogP contribution in [0.25, 0.3) is 0 Å². The SMILES string of the molecule is ON=C(c1ccc(C(F)(F)F)cc1)c1ccc(Cl)c(Cl)c1. The molecule has 0 spiro atoms. The Bertz CT molecular complexity index is 682.